The van der Waals surface area contributed by atoms with Crippen molar-refractivity contribution in [3.63, 3.8) is 0 Å². The van der Waals surface area contributed by atoms with E-state index in [0.29, 0.717) is 11.4 Å². The molecule has 0 radical (unpaired) electrons. The van der Waals surface area contributed by atoms with E-state index in [9.17, 15) is 9.59 Å². The minimum atomic E-state index is -0.703. The van der Waals surface area contributed by atoms with Crippen molar-refractivity contribution in [2.45, 2.75) is 13.8 Å². The van der Waals surface area contributed by atoms with Gasteiger partial charge in [0.1, 0.15) is 12.0 Å². The van der Waals surface area contributed by atoms with Crippen LogP contribution in [-0.2, 0) is 0 Å². The van der Waals surface area contributed by atoms with Crippen molar-refractivity contribution in [2.24, 2.45) is 5.73 Å². The van der Waals surface area contributed by atoms with Gasteiger partial charge in [0, 0.05) is 5.69 Å². The van der Waals surface area contributed by atoms with Crippen LogP contribution in [-0.4, -0.2) is 26.2 Å². The Labute approximate surface area is 167 Å². The number of anilines is 1. The third kappa shape index (κ3) is 3.45. The zero-order chi connectivity index (χ0) is 20.5. The Morgan fingerprint density at radius 3 is 2.52 bits per heavy atom. The molecule has 4 aromatic rings. The van der Waals surface area contributed by atoms with Crippen LogP contribution in [0.5, 0.6) is 0 Å². The van der Waals surface area contributed by atoms with Gasteiger partial charge >= 0.3 is 0 Å². The first-order valence-corrected chi connectivity index (χ1v) is 9.06. The number of hydrogen-bond donors (Lipinski definition) is 2. The molecule has 2 aromatic carbocycles. The van der Waals surface area contributed by atoms with Gasteiger partial charge in [-0.2, -0.15) is 0 Å². The van der Waals surface area contributed by atoms with Gasteiger partial charge in [-0.3, -0.25) is 14.0 Å². The average molecular weight is 385 g/mol. The van der Waals surface area contributed by atoms with E-state index in [2.05, 4.69) is 15.3 Å². The number of amides is 2. The molecule has 2 aromatic heterocycles. The molecule has 7 nitrogen and oxygen atoms in total. The monoisotopic (exact) mass is 385 g/mol. The van der Waals surface area contributed by atoms with Gasteiger partial charge in [-0.25, -0.2) is 9.97 Å². The summed E-state index contributed by atoms with van der Waals surface area (Å²) in [5.41, 5.74) is 10.1. The molecule has 2 heterocycles. The predicted molar refractivity (Wildman–Crippen MR) is 111 cm³/mol. The van der Waals surface area contributed by atoms with Gasteiger partial charge in [0.2, 0.25) is 0 Å². The lowest BCUT2D eigenvalue weighted by atomic mass is 10.1. The van der Waals surface area contributed by atoms with Gasteiger partial charge in [0.15, 0.2) is 11.3 Å². The van der Waals surface area contributed by atoms with Crippen molar-refractivity contribution in [3.05, 3.63) is 83.4 Å². The molecule has 29 heavy (non-hydrogen) atoms. The molecule has 0 aliphatic carbocycles. The first kappa shape index (κ1) is 18.4. The minimum absolute atomic E-state index is 0.0172. The summed E-state index contributed by atoms with van der Waals surface area (Å²) in [6.45, 7) is 3.88. The van der Waals surface area contributed by atoms with Crippen LogP contribution in [0.15, 0.2) is 60.9 Å². The van der Waals surface area contributed by atoms with Gasteiger partial charge in [0.25, 0.3) is 11.8 Å². The van der Waals surface area contributed by atoms with E-state index >= 15 is 0 Å². The van der Waals surface area contributed by atoms with Gasteiger partial charge in [0.05, 0.1) is 5.69 Å². The maximum Gasteiger partial charge on any atom is 0.274 e. The Kier molecular flexibility index (Phi) is 4.56. The van der Waals surface area contributed by atoms with Crippen molar-refractivity contribution < 1.29 is 9.59 Å². The van der Waals surface area contributed by atoms with Crippen molar-refractivity contribution >= 4 is 23.1 Å². The molecule has 7 heteroatoms. The molecule has 0 aliphatic heterocycles. The Morgan fingerprint density at radius 1 is 1.03 bits per heavy atom. The fraction of sp³-hybridized carbons (Fsp3) is 0.0909. The first-order valence-electron chi connectivity index (χ1n) is 9.06. The number of nitrogens with zero attached hydrogens (tertiary/aromatic N) is 3. The van der Waals surface area contributed by atoms with Crippen LogP contribution < -0.4 is 11.1 Å². The number of hydrogen-bond acceptors (Lipinski definition) is 4. The van der Waals surface area contributed by atoms with E-state index < -0.39 is 5.91 Å². The van der Waals surface area contributed by atoms with E-state index in [1.165, 1.54) is 6.33 Å². The van der Waals surface area contributed by atoms with Gasteiger partial charge in [-0.05, 0) is 42.7 Å². The minimum Gasteiger partial charge on any atom is -0.364 e. The standard InChI is InChI=1S/C22H19N5O2/c1-13-8-9-14(2)16(10-13)26-22(29)17-11-18(15-6-4-3-5-7-15)27-12-24-19(20(23)28)21(27)25-17/h3-12H,1-2H3,(H2,23,28)(H,26,29). The fourth-order valence-corrected chi connectivity index (χ4v) is 3.15. The molecule has 0 atom stereocenters. The second-order valence-corrected chi connectivity index (χ2v) is 6.82. The maximum absolute atomic E-state index is 13.0. The topological polar surface area (TPSA) is 102 Å². The Hall–Kier alpha value is -4.00. The van der Waals surface area contributed by atoms with Crippen LogP contribution in [0, 0.1) is 13.8 Å². The summed E-state index contributed by atoms with van der Waals surface area (Å²) in [6.07, 6.45) is 1.48. The number of primary amides is 1. The molecule has 0 aliphatic rings. The summed E-state index contributed by atoms with van der Waals surface area (Å²) in [7, 11) is 0. The highest BCUT2D eigenvalue weighted by molar-refractivity contribution is 6.05. The van der Waals surface area contributed by atoms with E-state index in [0.717, 1.165) is 16.7 Å². The summed E-state index contributed by atoms with van der Waals surface area (Å²) < 4.78 is 1.66. The molecule has 3 N–H and O–H groups in total. The van der Waals surface area contributed by atoms with E-state index in [-0.39, 0.29) is 22.9 Å². The number of nitrogens with two attached hydrogens (primary N) is 1. The van der Waals surface area contributed by atoms with E-state index in [1.54, 1.807) is 10.5 Å². The maximum atomic E-state index is 13.0. The number of aryl methyl sites for hydroxylation is 2. The number of carbonyl (C=O) groups excluding carboxylic acids is 2. The lowest BCUT2D eigenvalue weighted by Crippen LogP contribution is -2.17. The van der Waals surface area contributed by atoms with E-state index in [1.807, 2.05) is 62.4 Å². The number of benzene rings is 2. The molecule has 0 spiro atoms. The lowest BCUT2D eigenvalue weighted by molar-refractivity contribution is 0.0993. The molecule has 0 bridgehead atoms. The third-order valence-electron chi connectivity index (χ3n) is 4.68. The second-order valence-electron chi connectivity index (χ2n) is 6.82. The zero-order valence-electron chi connectivity index (χ0n) is 16.0. The highest BCUT2D eigenvalue weighted by atomic mass is 16.2. The number of imidazole rings is 1. The van der Waals surface area contributed by atoms with Crippen LogP contribution in [0.25, 0.3) is 16.9 Å². The second kappa shape index (κ2) is 7.20. The molecule has 0 saturated carbocycles. The number of fused-ring (bicyclic) bond motifs is 1. The Bertz CT molecular complexity index is 1250. The molecular weight excluding hydrogens is 366 g/mol. The third-order valence-corrected chi connectivity index (χ3v) is 4.68. The summed E-state index contributed by atoms with van der Waals surface area (Å²) in [6, 6.07) is 17.0. The van der Waals surface area contributed by atoms with Crippen LogP contribution in [0.3, 0.4) is 0 Å². The Balaban J connectivity index is 1.86. The average Bonchev–Trinajstić information content (AvgIpc) is 3.15. The van der Waals surface area contributed by atoms with Crippen molar-refractivity contribution in [2.75, 3.05) is 5.32 Å². The fourth-order valence-electron chi connectivity index (χ4n) is 3.15. The molecule has 4 rings (SSSR count). The largest absolute Gasteiger partial charge is 0.364 e. The Morgan fingerprint density at radius 2 is 1.79 bits per heavy atom. The summed E-state index contributed by atoms with van der Waals surface area (Å²) in [5, 5.41) is 2.90. The quantitative estimate of drug-likeness (QED) is 0.562. The number of nitrogens with one attached hydrogen (secondary N) is 1. The predicted octanol–water partition coefficient (Wildman–Crippen LogP) is 3.36. The molecule has 0 saturated heterocycles. The number of rotatable bonds is 4. The summed E-state index contributed by atoms with van der Waals surface area (Å²) in [4.78, 5) is 33.2. The van der Waals surface area contributed by atoms with Crippen molar-refractivity contribution in [1.29, 1.82) is 0 Å². The van der Waals surface area contributed by atoms with Crippen LogP contribution in [0.4, 0.5) is 5.69 Å². The highest BCUT2D eigenvalue weighted by Gasteiger charge is 2.19. The first-order chi connectivity index (χ1) is 13.9. The summed E-state index contributed by atoms with van der Waals surface area (Å²) >= 11 is 0. The number of aromatic nitrogens is 3. The highest BCUT2D eigenvalue weighted by Crippen LogP contribution is 2.24. The zero-order valence-corrected chi connectivity index (χ0v) is 16.0. The summed E-state index contributed by atoms with van der Waals surface area (Å²) in [5.74, 6) is -1.08. The normalized spacial score (nSPS) is 10.8. The molecule has 0 fully saturated rings. The lowest BCUT2D eigenvalue weighted by Gasteiger charge is -2.11. The van der Waals surface area contributed by atoms with Crippen LogP contribution in [0.1, 0.15) is 32.1 Å². The van der Waals surface area contributed by atoms with Crippen LogP contribution in [0.2, 0.25) is 0 Å². The smallest absolute Gasteiger partial charge is 0.274 e. The molecular formula is C22H19N5O2. The van der Waals surface area contributed by atoms with Crippen LogP contribution >= 0.6 is 0 Å². The van der Waals surface area contributed by atoms with Gasteiger partial charge in [-0.1, -0.05) is 42.5 Å². The SMILES string of the molecule is Cc1ccc(C)c(NC(=O)c2cc(-c3ccccc3)n3cnc(C(N)=O)c3n2)c1. The van der Waals surface area contributed by atoms with Crippen molar-refractivity contribution in [1.82, 2.24) is 14.4 Å². The van der Waals surface area contributed by atoms with Gasteiger partial charge in [-0.15, -0.1) is 0 Å². The number of carbonyl (C=O) groups is 2. The molecule has 2 amide bonds. The van der Waals surface area contributed by atoms with Crippen molar-refractivity contribution in [3.8, 4) is 11.3 Å². The van der Waals surface area contributed by atoms with Gasteiger partial charge < -0.3 is 11.1 Å². The molecule has 0 unspecified atom stereocenters. The molecule has 144 valence electrons. The van der Waals surface area contributed by atoms with E-state index in [4.69, 9.17) is 5.73 Å².